The Morgan fingerprint density at radius 1 is 1.65 bits per heavy atom. The van der Waals surface area contributed by atoms with Gasteiger partial charge in [0.1, 0.15) is 5.75 Å². The summed E-state index contributed by atoms with van der Waals surface area (Å²) < 4.78 is 5.11. The predicted octanol–water partition coefficient (Wildman–Crippen LogP) is 1.42. The molecule has 3 N–H and O–H groups in total. The number of carbonyl (C=O) groups excluding carboxylic acids is 1. The van der Waals surface area contributed by atoms with Crippen molar-refractivity contribution in [1.29, 1.82) is 0 Å². The Hall–Kier alpha value is -2.15. The third kappa shape index (κ3) is 3.42. The average molecular weight is 232 g/mol. The first-order chi connectivity index (χ1) is 8.08. The van der Waals surface area contributed by atoms with E-state index >= 15 is 0 Å². The lowest BCUT2D eigenvalue weighted by Crippen LogP contribution is -2.32. The van der Waals surface area contributed by atoms with E-state index < -0.39 is 0 Å². The number of nitrogen functional groups attached to an aromatic ring is 1. The van der Waals surface area contributed by atoms with Gasteiger partial charge in [0.2, 0.25) is 0 Å². The standard InChI is InChI=1S/C13H16N2O2/c1-4-5-9(2)15-13(16)11-8-10(14)6-7-12(11)17-3/h1,6-9H,5,14H2,2-3H3,(H,15,16). The Morgan fingerprint density at radius 3 is 2.94 bits per heavy atom. The molecule has 0 aliphatic rings. The van der Waals surface area contributed by atoms with Crippen LogP contribution in [0.4, 0.5) is 5.69 Å². The minimum absolute atomic E-state index is 0.0846. The van der Waals surface area contributed by atoms with Crippen LogP contribution in [0.5, 0.6) is 5.75 Å². The third-order valence-electron chi connectivity index (χ3n) is 2.27. The van der Waals surface area contributed by atoms with Crippen molar-refractivity contribution in [3.63, 3.8) is 0 Å². The van der Waals surface area contributed by atoms with E-state index in [4.69, 9.17) is 16.9 Å². The molecule has 0 radical (unpaired) electrons. The molecule has 90 valence electrons. The van der Waals surface area contributed by atoms with Crippen LogP contribution in [0, 0.1) is 12.3 Å². The van der Waals surface area contributed by atoms with Gasteiger partial charge in [-0.1, -0.05) is 0 Å². The smallest absolute Gasteiger partial charge is 0.255 e. The Morgan fingerprint density at radius 2 is 2.35 bits per heavy atom. The maximum atomic E-state index is 11.9. The summed E-state index contributed by atoms with van der Waals surface area (Å²) in [6.07, 6.45) is 5.66. The fourth-order valence-electron chi connectivity index (χ4n) is 1.43. The topological polar surface area (TPSA) is 64.4 Å². The fraction of sp³-hybridized carbons (Fsp3) is 0.308. The molecule has 0 heterocycles. The number of nitrogens with one attached hydrogen (secondary N) is 1. The molecule has 0 saturated carbocycles. The Labute approximate surface area is 101 Å². The molecule has 4 heteroatoms. The number of hydrogen-bond acceptors (Lipinski definition) is 3. The van der Waals surface area contributed by atoms with E-state index in [0.717, 1.165) is 0 Å². The number of ether oxygens (including phenoxy) is 1. The number of benzene rings is 1. The first kappa shape index (κ1) is 12.9. The molecule has 1 unspecified atom stereocenters. The lowest BCUT2D eigenvalue weighted by molar-refractivity contribution is 0.0938. The number of nitrogens with two attached hydrogens (primary N) is 1. The molecule has 1 rings (SSSR count). The molecule has 0 aromatic heterocycles. The van der Waals surface area contributed by atoms with Crippen molar-refractivity contribution in [3.05, 3.63) is 23.8 Å². The molecule has 0 saturated heterocycles. The monoisotopic (exact) mass is 232 g/mol. The number of methoxy groups -OCH3 is 1. The number of carbonyl (C=O) groups is 1. The highest BCUT2D eigenvalue weighted by atomic mass is 16.5. The molecular formula is C13H16N2O2. The summed E-state index contributed by atoms with van der Waals surface area (Å²) in [7, 11) is 1.51. The molecule has 17 heavy (non-hydrogen) atoms. The zero-order valence-electron chi connectivity index (χ0n) is 9.99. The van der Waals surface area contributed by atoms with Crippen molar-refractivity contribution < 1.29 is 9.53 Å². The van der Waals surface area contributed by atoms with Crippen LogP contribution in [0.15, 0.2) is 18.2 Å². The Bertz CT molecular complexity index is 449. The lowest BCUT2D eigenvalue weighted by Gasteiger charge is -2.13. The van der Waals surface area contributed by atoms with Crippen LogP contribution >= 0.6 is 0 Å². The molecule has 1 aromatic rings. The maximum absolute atomic E-state index is 11.9. The highest BCUT2D eigenvalue weighted by Crippen LogP contribution is 2.21. The van der Waals surface area contributed by atoms with Crippen LogP contribution in [-0.2, 0) is 0 Å². The maximum Gasteiger partial charge on any atom is 0.255 e. The van der Waals surface area contributed by atoms with E-state index in [1.54, 1.807) is 18.2 Å². The largest absolute Gasteiger partial charge is 0.496 e. The van der Waals surface area contributed by atoms with Crippen molar-refractivity contribution in [2.24, 2.45) is 0 Å². The van der Waals surface area contributed by atoms with Crippen LogP contribution in [0.25, 0.3) is 0 Å². The number of hydrogen-bond donors (Lipinski definition) is 2. The minimum atomic E-state index is -0.239. The first-order valence-electron chi connectivity index (χ1n) is 5.26. The summed E-state index contributed by atoms with van der Waals surface area (Å²) >= 11 is 0. The van der Waals surface area contributed by atoms with E-state index in [1.807, 2.05) is 6.92 Å². The SMILES string of the molecule is C#CCC(C)NC(=O)c1cc(N)ccc1OC. The molecule has 1 aromatic carbocycles. The molecule has 1 amide bonds. The quantitative estimate of drug-likeness (QED) is 0.609. The van der Waals surface area contributed by atoms with Gasteiger partial charge in [0.05, 0.1) is 12.7 Å². The van der Waals surface area contributed by atoms with Gasteiger partial charge in [-0.3, -0.25) is 4.79 Å². The minimum Gasteiger partial charge on any atom is -0.496 e. The molecule has 0 aliphatic heterocycles. The zero-order valence-corrected chi connectivity index (χ0v) is 9.99. The second kappa shape index (κ2) is 5.80. The molecule has 0 spiro atoms. The number of terminal acetylenes is 1. The van der Waals surface area contributed by atoms with E-state index in [-0.39, 0.29) is 11.9 Å². The summed E-state index contributed by atoms with van der Waals surface area (Å²) in [6.45, 7) is 1.84. The van der Waals surface area contributed by atoms with Gasteiger partial charge < -0.3 is 15.8 Å². The molecular weight excluding hydrogens is 216 g/mol. The fourth-order valence-corrected chi connectivity index (χ4v) is 1.43. The Balaban J connectivity index is 2.88. The normalized spacial score (nSPS) is 11.4. The second-order valence-corrected chi connectivity index (χ2v) is 3.74. The summed E-state index contributed by atoms with van der Waals surface area (Å²) in [5.74, 6) is 2.75. The summed E-state index contributed by atoms with van der Waals surface area (Å²) in [4.78, 5) is 11.9. The first-order valence-corrected chi connectivity index (χ1v) is 5.26. The van der Waals surface area contributed by atoms with E-state index in [1.165, 1.54) is 7.11 Å². The van der Waals surface area contributed by atoms with Crippen LogP contribution < -0.4 is 15.8 Å². The van der Waals surface area contributed by atoms with Crippen LogP contribution in [0.3, 0.4) is 0 Å². The van der Waals surface area contributed by atoms with Gasteiger partial charge in [0.15, 0.2) is 0 Å². The van der Waals surface area contributed by atoms with E-state index in [2.05, 4.69) is 11.2 Å². The van der Waals surface area contributed by atoms with Crippen LogP contribution in [-0.4, -0.2) is 19.1 Å². The molecule has 1 atom stereocenters. The number of rotatable bonds is 4. The third-order valence-corrected chi connectivity index (χ3v) is 2.27. The Kier molecular flexibility index (Phi) is 4.41. The van der Waals surface area contributed by atoms with Crippen LogP contribution in [0.1, 0.15) is 23.7 Å². The average Bonchev–Trinajstić information content (AvgIpc) is 2.29. The van der Waals surface area contributed by atoms with Gasteiger partial charge in [0, 0.05) is 18.2 Å². The molecule has 0 bridgehead atoms. The predicted molar refractivity (Wildman–Crippen MR) is 67.8 cm³/mol. The number of anilines is 1. The van der Waals surface area contributed by atoms with Crippen molar-refractivity contribution in [2.45, 2.75) is 19.4 Å². The second-order valence-electron chi connectivity index (χ2n) is 3.74. The summed E-state index contributed by atoms with van der Waals surface area (Å²) in [6, 6.07) is 4.84. The van der Waals surface area contributed by atoms with E-state index in [9.17, 15) is 4.79 Å². The van der Waals surface area contributed by atoms with Gasteiger partial charge in [-0.05, 0) is 25.1 Å². The van der Waals surface area contributed by atoms with Crippen molar-refractivity contribution in [2.75, 3.05) is 12.8 Å². The van der Waals surface area contributed by atoms with Gasteiger partial charge >= 0.3 is 0 Å². The van der Waals surface area contributed by atoms with Crippen molar-refractivity contribution in [1.82, 2.24) is 5.32 Å². The number of amides is 1. The van der Waals surface area contributed by atoms with Crippen LogP contribution in [0.2, 0.25) is 0 Å². The van der Waals surface area contributed by atoms with Gasteiger partial charge in [-0.15, -0.1) is 12.3 Å². The van der Waals surface area contributed by atoms with Gasteiger partial charge in [-0.2, -0.15) is 0 Å². The highest BCUT2D eigenvalue weighted by molar-refractivity contribution is 5.98. The molecule has 0 fully saturated rings. The van der Waals surface area contributed by atoms with Crippen molar-refractivity contribution in [3.8, 4) is 18.1 Å². The molecule has 4 nitrogen and oxygen atoms in total. The van der Waals surface area contributed by atoms with Gasteiger partial charge in [-0.25, -0.2) is 0 Å². The molecule has 0 aliphatic carbocycles. The van der Waals surface area contributed by atoms with Crippen molar-refractivity contribution >= 4 is 11.6 Å². The summed E-state index contributed by atoms with van der Waals surface area (Å²) in [5, 5.41) is 2.78. The highest BCUT2D eigenvalue weighted by Gasteiger charge is 2.14. The van der Waals surface area contributed by atoms with E-state index in [0.29, 0.717) is 23.4 Å². The zero-order chi connectivity index (χ0) is 12.8. The lowest BCUT2D eigenvalue weighted by atomic mass is 10.1. The van der Waals surface area contributed by atoms with Gasteiger partial charge in [0.25, 0.3) is 5.91 Å². The summed E-state index contributed by atoms with van der Waals surface area (Å²) in [5.41, 5.74) is 6.57.